The maximum absolute atomic E-state index is 13.3. The summed E-state index contributed by atoms with van der Waals surface area (Å²) in [5.41, 5.74) is 5.53. The Balaban J connectivity index is 3.31. The van der Waals surface area contributed by atoms with Gasteiger partial charge in [-0.2, -0.15) is 0 Å². The van der Waals surface area contributed by atoms with Crippen LogP contribution in [0.1, 0.15) is 28.7 Å². The van der Waals surface area contributed by atoms with Gasteiger partial charge in [-0.25, -0.2) is 4.39 Å². The lowest BCUT2D eigenvalue weighted by molar-refractivity contribution is -0.114. The van der Waals surface area contributed by atoms with Gasteiger partial charge in [0, 0.05) is 11.3 Å². The van der Waals surface area contributed by atoms with Gasteiger partial charge in [0.05, 0.1) is 11.3 Å². The number of hydrogen-bond acceptors (Lipinski definition) is 3. The number of primary amides is 1. The lowest BCUT2D eigenvalue weighted by Crippen LogP contribution is -2.21. The lowest BCUT2D eigenvalue weighted by Gasteiger charge is -2.07. The summed E-state index contributed by atoms with van der Waals surface area (Å²) < 4.78 is 13.3. The van der Waals surface area contributed by atoms with E-state index in [9.17, 15) is 14.0 Å². The topological polar surface area (TPSA) is 73.1 Å². The van der Waals surface area contributed by atoms with Crippen molar-refractivity contribution in [2.75, 3.05) is 0 Å². The molecule has 0 radical (unpaired) electrons. The van der Waals surface area contributed by atoms with E-state index < -0.39 is 17.5 Å². The Morgan fingerprint density at radius 2 is 1.94 bits per heavy atom. The first-order valence-corrected chi connectivity index (χ1v) is 5.03. The Hall–Kier alpha value is -2.04. The van der Waals surface area contributed by atoms with Crippen molar-refractivity contribution in [2.45, 2.75) is 20.8 Å². The third-order valence-corrected chi connectivity index (χ3v) is 2.39. The van der Waals surface area contributed by atoms with Crippen LogP contribution in [0.3, 0.4) is 0 Å². The molecule has 1 rings (SSSR count). The normalized spacial score (nSPS) is 11.4. The van der Waals surface area contributed by atoms with Crippen molar-refractivity contribution < 1.29 is 14.0 Å². The van der Waals surface area contributed by atoms with Gasteiger partial charge in [0.15, 0.2) is 5.78 Å². The van der Waals surface area contributed by atoms with Crippen LogP contribution in [0.5, 0.6) is 0 Å². The fourth-order valence-electron chi connectivity index (χ4n) is 1.46. The summed E-state index contributed by atoms with van der Waals surface area (Å²) in [7, 11) is 0. The summed E-state index contributed by atoms with van der Waals surface area (Å²) >= 11 is 0. The third-order valence-electron chi connectivity index (χ3n) is 2.39. The average Bonchev–Trinajstić information content (AvgIpc) is 2.23. The number of pyridine rings is 1. The second kappa shape index (κ2) is 4.86. The van der Waals surface area contributed by atoms with Crippen LogP contribution in [-0.2, 0) is 4.79 Å². The average molecular weight is 236 g/mol. The molecule has 1 heterocycles. The number of nitrogens with zero attached hydrogens (tertiary/aromatic N) is 1. The summed E-state index contributed by atoms with van der Waals surface area (Å²) in [5, 5.41) is 0. The summed E-state index contributed by atoms with van der Waals surface area (Å²) in [6.07, 6.45) is 1.31. The zero-order valence-corrected chi connectivity index (χ0v) is 9.87. The molecule has 5 heteroatoms. The highest BCUT2D eigenvalue weighted by atomic mass is 19.1. The van der Waals surface area contributed by atoms with Crippen LogP contribution in [0.4, 0.5) is 4.39 Å². The SMILES string of the molecule is C/C=C(/C(N)=O)C(=O)c1cc(F)c(C)nc1C. The minimum atomic E-state index is -0.835. The van der Waals surface area contributed by atoms with E-state index in [2.05, 4.69) is 4.98 Å². The predicted molar refractivity (Wildman–Crippen MR) is 61.0 cm³/mol. The lowest BCUT2D eigenvalue weighted by atomic mass is 10.0. The molecule has 0 fully saturated rings. The molecule has 1 amide bonds. The van der Waals surface area contributed by atoms with Crippen molar-refractivity contribution in [2.24, 2.45) is 5.73 Å². The van der Waals surface area contributed by atoms with Gasteiger partial charge < -0.3 is 5.73 Å². The number of carbonyl (C=O) groups is 2. The van der Waals surface area contributed by atoms with Crippen molar-refractivity contribution in [1.82, 2.24) is 4.98 Å². The fourth-order valence-corrected chi connectivity index (χ4v) is 1.46. The highest BCUT2D eigenvalue weighted by Gasteiger charge is 2.20. The number of ketones is 1. The fraction of sp³-hybridized carbons (Fsp3) is 0.250. The largest absolute Gasteiger partial charge is 0.365 e. The molecule has 0 aliphatic rings. The molecular weight excluding hydrogens is 223 g/mol. The molecule has 0 unspecified atom stereocenters. The molecule has 17 heavy (non-hydrogen) atoms. The number of amides is 1. The van der Waals surface area contributed by atoms with Gasteiger partial charge in [0.2, 0.25) is 0 Å². The maximum atomic E-state index is 13.3. The molecule has 0 aliphatic carbocycles. The monoisotopic (exact) mass is 236 g/mol. The minimum absolute atomic E-state index is 0.0556. The first-order chi connectivity index (χ1) is 7.88. The molecule has 4 nitrogen and oxygen atoms in total. The van der Waals surface area contributed by atoms with E-state index >= 15 is 0 Å². The summed E-state index contributed by atoms with van der Waals surface area (Å²) in [4.78, 5) is 26.8. The van der Waals surface area contributed by atoms with Gasteiger partial charge in [-0.3, -0.25) is 14.6 Å². The highest BCUT2D eigenvalue weighted by Crippen LogP contribution is 2.15. The second-order valence-electron chi connectivity index (χ2n) is 3.58. The van der Waals surface area contributed by atoms with Crippen molar-refractivity contribution in [3.8, 4) is 0 Å². The van der Waals surface area contributed by atoms with E-state index in [1.807, 2.05) is 0 Å². The number of aromatic nitrogens is 1. The van der Waals surface area contributed by atoms with Crippen LogP contribution in [0.25, 0.3) is 0 Å². The molecule has 0 bridgehead atoms. The molecule has 0 aromatic carbocycles. The first-order valence-electron chi connectivity index (χ1n) is 5.03. The second-order valence-corrected chi connectivity index (χ2v) is 3.58. The number of carbonyl (C=O) groups excluding carboxylic acids is 2. The van der Waals surface area contributed by atoms with E-state index in [0.717, 1.165) is 6.07 Å². The van der Waals surface area contributed by atoms with Crippen LogP contribution in [0.2, 0.25) is 0 Å². The Bertz CT molecular complexity index is 521. The molecule has 0 aliphatic heterocycles. The van der Waals surface area contributed by atoms with Crippen molar-refractivity contribution >= 4 is 11.7 Å². The molecule has 2 N–H and O–H groups in total. The van der Waals surface area contributed by atoms with Crippen LogP contribution in [-0.4, -0.2) is 16.7 Å². The Morgan fingerprint density at radius 1 is 1.35 bits per heavy atom. The molecule has 0 atom stereocenters. The summed E-state index contributed by atoms with van der Waals surface area (Å²) in [6, 6.07) is 1.08. The van der Waals surface area contributed by atoms with Crippen molar-refractivity contribution in [3.63, 3.8) is 0 Å². The summed E-state index contributed by atoms with van der Waals surface area (Å²) in [6.45, 7) is 4.60. The number of aryl methyl sites for hydroxylation is 2. The number of nitrogens with two attached hydrogens (primary N) is 1. The van der Waals surface area contributed by atoms with Gasteiger partial charge in [0.1, 0.15) is 5.82 Å². The Labute approximate surface area is 98.3 Å². The molecule has 0 saturated carbocycles. The zero-order chi connectivity index (χ0) is 13.2. The van der Waals surface area contributed by atoms with Crippen LogP contribution >= 0.6 is 0 Å². The minimum Gasteiger partial charge on any atom is -0.365 e. The summed E-state index contributed by atoms with van der Waals surface area (Å²) in [5.74, 6) is -2.03. The molecule has 1 aromatic rings. The van der Waals surface area contributed by atoms with Gasteiger partial charge in [-0.1, -0.05) is 6.08 Å². The highest BCUT2D eigenvalue weighted by molar-refractivity contribution is 6.25. The van der Waals surface area contributed by atoms with Gasteiger partial charge >= 0.3 is 0 Å². The molecule has 0 saturated heterocycles. The third kappa shape index (κ3) is 2.55. The van der Waals surface area contributed by atoms with Crippen LogP contribution in [0, 0.1) is 19.7 Å². The predicted octanol–water partition coefficient (Wildman–Crippen LogP) is 1.45. The number of Topliss-reactive ketones (excluding diaryl/α,β-unsaturated/α-hetero) is 1. The molecule has 0 spiro atoms. The maximum Gasteiger partial charge on any atom is 0.252 e. The Morgan fingerprint density at radius 3 is 2.41 bits per heavy atom. The van der Waals surface area contributed by atoms with Crippen LogP contribution < -0.4 is 5.73 Å². The van der Waals surface area contributed by atoms with Crippen LogP contribution in [0.15, 0.2) is 17.7 Å². The van der Waals surface area contributed by atoms with Crippen molar-refractivity contribution in [1.29, 1.82) is 0 Å². The van der Waals surface area contributed by atoms with E-state index in [1.165, 1.54) is 19.9 Å². The quantitative estimate of drug-likeness (QED) is 0.373. The number of allylic oxidation sites excluding steroid dienone is 1. The molecular formula is C12H13FN2O2. The van der Waals surface area contributed by atoms with E-state index in [4.69, 9.17) is 5.73 Å². The molecule has 1 aromatic heterocycles. The number of halogens is 1. The zero-order valence-electron chi connectivity index (χ0n) is 9.87. The Kier molecular flexibility index (Phi) is 3.73. The number of rotatable bonds is 3. The first kappa shape index (κ1) is 13.0. The van der Waals surface area contributed by atoms with Gasteiger partial charge in [-0.05, 0) is 26.8 Å². The van der Waals surface area contributed by atoms with E-state index in [1.54, 1.807) is 6.92 Å². The standard InChI is InChI=1S/C12H13FN2O2/c1-4-8(12(14)17)11(16)9-5-10(13)7(3)15-6(9)2/h4-5H,1-3H3,(H2,14,17)/b8-4+. The van der Waals surface area contributed by atoms with Crippen molar-refractivity contribution in [3.05, 3.63) is 40.5 Å². The van der Waals surface area contributed by atoms with E-state index in [0.29, 0.717) is 5.69 Å². The van der Waals surface area contributed by atoms with E-state index in [-0.39, 0.29) is 16.8 Å². The smallest absolute Gasteiger partial charge is 0.252 e. The molecule has 90 valence electrons. The van der Waals surface area contributed by atoms with Gasteiger partial charge in [0.25, 0.3) is 5.91 Å². The number of hydrogen-bond donors (Lipinski definition) is 1. The van der Waals surface area contributed by atoms with Gasteiger partial charge in [-0.15, -0.1) is 0 Å².